The quantitative estimate of drug-likeness (QED) is 0.916. The maximum Gasteiger partial charge on any atom is 0.133 e. The summed E-state index contributed by atoms with van der Waals surface area (Å²) in [7, 11) is 1.46. The minimum Gasteiger partial charge on any atom is -0.496 e. The fourth-order valence-electron chi connectivity index (χ4n) is 2.24. The Labute approximate surface area is 112 Å². The van der Waals surface area contributed by atoms with E-state index in [1.807, 2.05) is 25.1 Å². The van der Waals surface area contributed by atoms with Gasteiger partial charge in [-0.3, -0.25) is 0 Å². The number of hydrogen-bond donors (Lipinski definition) is 1. The van der Waals surface area contributed by atoms with Gasteiger partial charge >= 0.3 is 0 Å². The van der Waals surface area contributed by atoms with Crippen LogP contribution in [0.15, 0.2) is 42.5 Å². The second kappa shape index (κ2) is 5.02. The largest absolute Gasteiger partial charge is 0.496 e. The van der Waals surface area contributed by atoms with Crippen molar-refractivity contribution in [2.24, 2.45) is 0 Å². The molecule has 0 bridgehead atoms. The van der Waals surface area contributed by atoms with E-state index in [2.05, 4.69) is 0 Å². The van der Waals surface area contributed by atoms with Gasteiger partial charge in [-0.25, -0.2) is 4.39 Å². The number of aryl methyl sites for hydroxylation is 1. The first-order chi connectivity index (χ1) is 8.96. The summed E-state index contributed by atoms with van der Waals surface area (Å²) in [5.41, 5.74) is 0.356. The number of aliphatic hydroxyl groups is 1. The molecule has 1 unspecified atom stereocenters. The van der Waals surface area contributed by atoms with Gasteiger partial charge in [-0.2, -0.15) is 0 Å². The molecule has 0 saturated carbocycles. The smallest absolute Gasteiger partial charge is 0.133 e. The van der Waals surface area contributed by atoms with E-state index in [1.165, 1.54) is 13.2 Å². The molecule has 2 aromatic carbocycles. The molecule has 0 aromatic heterocycles. The summed E-state index contributed by atoms with van der Waals surface area (Å²) in [5.74, 6) is -0.141. The van der Waals surface area contributed by atoms with E-state index in [1.54, 1.807) is 25.1 Å². The number of ether oxygens (including phenoxy) is 1. The van der Waals surface area contributed by atoms with Crippen LogP contribution in [0.2, 0.25) is 0 Å². The van der Waals surface area contributed by atoms with Crippen LogP contribution in [0.25, 0.3) is 0 Å². The third-order valence-corrected chi connectivity index (χ3v) is 3.26. The lowest BCUT2D eigenvalue weighted by Gasteiger charge is -2.27. The van der Waals surface area contributed by atoms with Gasteiger partial charge in [-0.15, -0.1) is 0 Å². The van der Waals surface area contributed by atoms with Crippen LogP contribution in [0.3, 0.4) is 0 Å². The predicted molar refractivity (Wildman–Crippen MR) is 72.8 cm³/mol. The highest BCUT2D eigenvalue weighted by molar-refractivity contribution is 5.45. The SMILES string of the molecule is COc1cccc(F)c1C(C)(O)c1cccc(C)c1. The van der Waals surface area contributed by atoms with Gasteiger partial charge in [0.2, 0.25) is 0 Å². The van der Waals surface area contributed by atoms with E-state index >= 15 is 0 Å². The summed E-state index contributed by atoms with van der Waals surface area (Å²) in [6.45, 7) is 3.50. The molecule has 1 atom stereocenters. The van der Waals surface area contributed by atoms with Crippen LogP contribution in [0, 0.1) is 12.7 Å². The van der Waals surface area contributed by atoms with Gasteiger partial charge in [0.05, 0.1) is 12.7 Å². The van der Waals surface area contributed by atoms with Gasteiger partial charge in [-0.1, -0.05) is 35.9 Å². The Morgan fingerprint density at radius 2 is 1.84 bits per heavy atom. The summed E-state index contributed by atoms with van der Waals surface area (Å²) < 4.78 is 19.2. The van der Waals surface area contributed by atoms with Crippen LogP contribution in [-0.2, 0) is 5.60 Å². The molecule has 0 fully saturated rings. The maximum absolute atomic E-state index is 14.1. The average molecular weight is 260 g/mol. The van der Waals surface area contributed by atoms with Crippen molar-refractivity contribution in [2.45, 2.75) is 19.4 Å². The maximum atomic E-state index is 14.1. The van der Waals surface area contributed by atoms with Crippen molar-refractivity contribution in [1.29, 1.82) is 0 Å². The molecule has 19 heavy (non-hydrogen) atoms. The normalized spacial score (nSPS) is 13.9. The van der Waals surface area contributed by atoms with Crippen LogP contribution in [0.5, 0.6) is 5.75 Å². The second-order valence-electron chi connectivity index (χ2n) is 4.76. The summed E-state index contributed by atoms with van der Waals surface area (Å²) in [5, 5.41) is 10.8. The van der Waals surface area contributed by atoms with Gasteiger partial charge in [0.1, 0.15) is 17.2 Å². The van der Waals surface area contributed by atoms with Gasteiger partial charge < -0.3 is 9.84 Å². The zero-order valence-corrected chi connectivity index (χ0v) is 11.3. The lowest BCUT2D eigenvalue weighted by Crippen LogP contribution is -2.25. The van der Waals surface area contributed by atoms with Crippen LogP contribution in [0.1, 0.15) is 23.6 Å². The molecule has 0 spiro atoms. The Hall–Kier alpha value is -1.87. The van der Waals surface area contributed by atoms with Crippen LogP contribution in [0.4, 0.5) is 4.39 Å². The molecule has 0 aliphatic carbocycles. The van der Waals surface area contributed by atoms with Crippen LogP contribution >= 0.6 is 0 Å². The Morgan fingerprint density at radius 3 is 2.47 bits per heavy atom. The molecule has 0 amide bonds. The van der Waals surface area contributed by atoms with Crippen LogP contribution in [-0.4, -0.2) is 12.2 Å². The Balaban J connectivity index is 2.62. The van der Waals surface area contributed by atoms with E-state index in [0.29, 0.717) is 11.3 Å². The minimum absolute atomic E-state index is 0.156. The molecule has 0 aliphatic rings. The Morgan fingerprint density at radius 1 is 1.16 bits per heavy atom. The molecule has 2 nitrogen and oxygen atoms in total. The molecule has 0 aliphatic heterocycles. The number of rotatable bonds is 3. The van der Waals surface area contributed by atoms with Gasteiger partial charge in [0.25, 0.3) is 0 Å². The molecule has 1 N–H and O–H groups in total. The van der Waals surface area contributed by atoms with E-state index in [0.717, 1.165) is 5.56 Å². The van der Waals surface area contributed by atoms with Crippen LogP contribution < -0.4 is 4.74 Å². The highest BCUT2D eigenvalue weighted by Crippen LogP contribution is 2.37. The zero-order valence-electron chi connectivity index (χ0n) is 11.3. The highest BCUT2D eigenvalue weighted by atomic mass is 19.1. The first kappa shape index (κ1) is 13.6. The molecule has 0 saturated heterocycles. The molecule has 3 heteroatoms. The first-order valence-electron chi connectivity index (χ1n) is 6.09. The van der Waals surface area contributed by atoms with Crippen molar-refractivity contribution in [2.75, 3.05) is 7.11 Å². The molecule has 2 aromatic rings. The topological polar surface area (TPSA) is 29.5 Å². The summed E-state index contributed by atoms with van der Waals surface area (Å²) in [6.07, 6.45) is 0. The van der Waals surface area contributed by atoms with Gasteiger partial charge in [0, 0.05) is 0 Å². The fraction of sp³-hybridized carbons (Fsp3) is 0.250. The van der Waals surface area contributed by atoms with Crippen molar-refractivity contribution in [3.63, 3.8) is 0 Å². The molecule has 0 heterocycles. The number of methoxy groups -OCH3 is 1. The Bertz CT molecular complexity index is 591. The van der Waals surface area contributed by atoms with Gasteiger partial charge in [-0.05, 0) is 31.5 Å². The molecule has 0 radical (unpaired) electrons. The van der Waals surface area contributed by atoms with Crippen molar-refractivity contribution in [3.05, 3.63) is 65.0 Å². The summed E-state index contributed by atoms with van der Waals surface area (Å²) in [6, 6.07) is 11.9. The van der Waals surface area contributed by atoms with E-state index < -0.39 is 11.4 Å². The molecule has 100 valence electrons. The monoisotopic (exact) mass is 260 g/mol. The third-order valence-electron chi connectivity index (χ3n) is 3.26. The number of benzene rings is 2. The zero-order chi connectivity index (χ0) is 14.0. The highest BCUT2D eigenvalue weighted by Gasteiger charge is 2.32. The van der Waals surface area contributed by atoms with E-state index in [4.69, 9.17) is 4.74 Å². The molecule has 2 rings (SSSR count). The van der Waals surface area contributed by atoms with E-state index in [-0.39, 0.29) is 5.56 Å². The first-order valence-corrected chi connectivity index (χ1v) is 6.09. The summed E-state index contributed by atoms with van der Waals surface area (Å²) >= 11 is 0. The fourth-order valence-corrected chi connectivity index (χ4v) is 2.24. The lowest BCUT2D eigenvalue weighted by atomic mass is 9.86. The van der Waals surface area contributed by atoms with Crippen molar-refractivity contribution in [3.8, 4) is 5.75 Å². The summed E-state index contributed by atoms with van der Waals surface area (Å²) in [4.78, 5) is 0. The Kier molecular flexibility index (Phi) is 3.58. The minimum atomic E-state index is -1.44. The van der Waals surface area contributed by atoms with E-state index in [9.17, 15) is 9.50 Å². The number of halogens is 1. The third kappa shape index (κ3) is 2.47. The second-order valence-corrected chi connectivity index (χ2v) is 4.76. The van der Waals surface area contributed by atoms with Crippen molar-refractivity contribution in [1.82, 2.24) is 0 Å². The standard InChI is InChI=1S/C16H17FO2/c1-11-6-4-7-12(10-11)16(2,18)15-13(17)8-5-9-14(15)19-3/h4-10,18H,1-3H3. The van der Waals surface area contributed by atoms with Crippen molar-refractivity contribution < 1.29 is 14.2 Å². The van der Waals surface area contributed by atoms with Gasteiger partial charge in [0.15, 0.2) is 0 Å². The number of hydrogen-bond acceptors (Lipinski definition) is 2. The molecular weight excluding hydrogens is 243 g/mol. The lowest BCUT2D eigenvalue weighted by molar-refractivity contribution is 0.0944. The van der Waals surface area contributed by atoms with Crippen molar-refractivity contribution >= 4 is 0 Å². The average Bonchev–Trinajstić information content (AvgIpc) is 2.38. The molecular formula is C16H17FO2. The predicted octanol–water partition coefficient (Wildman–Crippen LogP) is 3.40.